The number of carbonyl (C=O) groups is 2. The Hall–Kier alpha value is -8.32. The summed E-state index contributed by atoms with van der Waals surface area (Å²) >= 11 is 2.87. The van der Waals surface area contributed by atoms with Crippen LogP contribution in [0.3, 0.4) is 0 Å². The number of nitrogen functional groups attached to an aromatic ring is 1. The molecule has 6 aromatic heterocycles. The number of fused-ring (bicyclic) bond motifs is 2. The predicted octanol–water partition coefficient (Wildman–Crippen LogP) is 6.70. The van der Waals surface area contributed by atoms with Crippen LogP contribution >= 0.6 is 22.7 Å². The molecule has 23 nitrogen and oxygen atoms in total. The minimum absolute atomic E-state index is 0.0854. The van der Waals surface area contributed by atoms with E-state index in [1.807, 2.05) is 46.2 Å². The summed E-state index contributed by atoms with van der Waals surface area (Å²) in [4.78, 5) is 72.9. The zero-order chi connectivity index (χ0) is 49.7. The maximum atomic E-state index is 12.8. The molecule has 0 aliphatic carbocycles. The third kappa shape index (κ3) is 12.3. The summed E-state index contributed by atoms with van der Waals surface area (Å²) in [6.45, 7) is 2.39. The van der Waals surface area contributed by atoms with Crippen molar-refractivity contribution in [2.75, 3.05) is 86.1 Å². The molecule has 0 bridgehead atoms. The summed E-state index contributed by atoms with van der Waals surface area (Å²) in [7, 11) is 6.36. The Morgan fingerprint density at radius 2 is 1.15 bits per heavy atom. The molecule has 1 amide bonds. The zero-order valence-electron chi connectivity index (χ0n) is 39.1. The fourth-order valence-electron chi connectivity index (χ4n) is 7.70. The summed E-state index contributed by atoms with van der Waals surface area (Å²) < 4.78 is 21.4. The Bertz CT molecular complexity index is 3060. The molecule has 71 heavy (non-hydrogen) atoms. The number of methoxy groups -OCH3 is 4. The number of nitrogens with zero attached hydrogens (tertiary/aromatic N) is 12. The second-order valence-electron chi connectivity index (χ2n) is 15.8. The highest BCUT2D eigenvalue weighted by atomic mass is 32.1. The molecular weight excluding hydrogens is 953 g/mol. The number of carboxylic acids is 1. The first kappa shape index (κ1) is 49.1. The van der Waals surface area contributed by atoms with E-state index in [1.54, 1.807) is 64.2 Å². The summed E-state index contributed by atoms with van der Waals surface area (Å²) in [5.74, 6) is 4.11. The molecule has 2 aliphatic rings. The number of hydrogen-bond acceptors (Lipinski definition) is 23. The van der Waals surface area contributed by atoms with Gasteiger partial charge >= 0.3 is 5.97 Å². The molecule has 8 aromatic rings. The van der Waals surface area contributed by atoms with Crippen LogP contribution in [0.2, 0.25) is 0 Å². The summed E-state index contributed by atoms with van der Waals surface area (Å²) in [6.07, 6.45) is 12.4. The van der Waals surface area contributed by atoms with Gasteiger partial charge in [-0.2, -0.15) is 19.9 Å². The fourth-order valence-corrected chi connectivity index (χ4v) is 9.00. The van der Waals surface area contributed by atoms with Crippen molar-refractivity contribution in [2.24, 2.45) is 11.8 Å². The van der Waals surface area contributed by atoms with Gasteiger partial charge in [-0.15, -0.1) is 22.7 Å². The number of nitrogens with one attached hydrogen (secondary N) is 3. The van der Waals surface area contributed by atoms with Crippen molar-refractivity contribution in [3.63, 3.8) is 0 Å². The van der Waals surface area contributed by atoms with Crippen molar-refractivity contribution in [1.82, 2.24) is 49.8 Å². The topological polar surface area (TPSA) is 289 Å². The van der Waals surface area contributed by atoms with Crippen molar-refractivity contribution in [2.45, 2.75) is 25.7 Å². The van der Waals surface area contributed by atoms with Crippen LogP contribution in [0.4, 0.5) is 46.5 Å². The number of thiazole rings is 2. The zero-order valence-corrected chi connectivity index (χ0v) is 40.7. The fraction of sp³-hybridized carbons (Fsp3) is 0.304. The number of nitrogens with two attached hydrogens (primary N) is 1. The predicted molar refractivity (Wildman–Crippen MR) is 271 cm³/mol. The van der Waals surface area contributed by atoms with Gasteiger partial charge in [0.1, 0.15) is 16.9 Å². The monoisotopic (exact) mass is 1000 g/mol. The lowest BCUT2D eigenvalue weighted by Gasteiger charge is -2.32. The number of carbonyl (C=O) groups excluding carboxylic acids is 1. The Morgan fingerprint density at radius 1 is 0.648 bits per heavy atom. The van der Waals surface area contributed by atoms with E-state index in [0.29, 0.717) is 88.7 Å². The van der Waals surface area contributed by atoms with Gasteiger partial charge in [-0.05, 0) is 49.9 Å². The third-order valence-corrected chi connectivity index (χ3v) is 12.6. The van der Waals surface area contributed by atoms with E-state index in [9.17, 15) is 14.7 Å². The van der Waals surface area contributed by atoms with Gasteiger partial charge in [-0.25, -0.2) is 19.9 Å². The Labute approximate surface area is 414 Å². The molecule has 368 valence electrons. The highest BCUT2D eigenvalue weighted by molar-refractivity contribution is 7.16. The molecule has 25 heteroatoms. The number of aliphatic carboxylic acids is 1. The van der Waals surface area contributed by atoms with E-state index < -0.39 is 11.9 Å². The van der Waals surface area contributed by atoms with Crippen LogP contribution in [-0.4, -0.2) is 121 Å². The molecule has 6 N–H and O–H groups in total. The maximum absolute atomic E-state index is 12.8. The number of rotatable bonds is 13. The molecule has 10 rings (SSSR count). The smallest absolute Gasteiger partial charge is 0.308 e. The highest BCUT2D eigenvalue weighted by Gasteiger charge is 2.30. The Kier molecular flexibility index (Phi) is 16.1. The third-order valence-electron chi connectivity index (χ3n) is 11.2. The van der Waals surface area contributed by atoms with Crippen LogP contribution in [-0.2, 0) is 9.59 Å². The van der Waals surface area contributed by atoms with Gasteiger partial charge in [0, 0.05) is 74.5 Å². The number of aromatic nitrogens is 10. The average Bonchev–Trinajstić information content (AvgIpc) is 4.10. The summed E-state index contributed by atoms with van der Waals surface area (Å²) in [5.41, 5.74) is 11.5. The Balaban J connectivity index is 0.000000169. The maximum Gasteiger partial charge on any atom is 0.308 e. The number of anilines is 8. The van der Waals surface area contributed by atoms with Crippen molar-refractivity contribution in [3.05, 3.63) is 84.6 Å². The lowest BCUT2D eigenvalue weighted by atomic mass is 9.97. The number of amides is 1. The van der Waals surface area contributed by atoms with Gasteiger partial charge in [0.2, 0.25) is 17.8 Å². The first-order chi connectivity index (χ1) is 34.6. The van der Waals surface area contributed by atoms with Crippen LogP contribution in [0.15, 0.2) is 84.6 Å². The molecule has 2 atom stereocenters. The molecule has 2 unspecified atom stereocenters. The summed E-state index contributed by atoms with van der Waals surface area (Å²) in [5, 5.41) is 18.9. The molecule has 0 radical (unpaired) electrons. The standard InChI is InChI=1S/C23H24N8O3S.C19H21N5O4S.C4H5N3/c1-33-16-6-5-15(10-17(16)34-2)27-20-19-22(35-13-26-19)30-23(29-20)31-9-3-4-14(12-31)21(32)28-18-11-24-7-8-25-18;1-27-13-6-5-12(8-14(13)28-2)21-16-15-17(29-10-20-15)23-19(22-16)24-7-3-4-11(9-24)18(25)26;5-4-3-6-1-2-7-4/h5-8,10-11,13-14H,3-4,9,12H2,1-2H3,(H,25,28,32)(H,27,29,30);5-6,8,10-11H,3-4,7,9H2,1-2H3,(H,25,26)(H,21,22,23);1-3H,(H2,5,7). The SMILES string of the molecule is COc1ccc(Nc2nc(N3CCCC(C(=O)Nc4cnccn4)C3)nc3scnc23)cc1OC.COc1ccc(Nc2nc(N3CCCC(C(=O)O)C3)nc3scnc23)cc1OC.Nc1cnccn1. The highest BCUT2D eigenvalue weighted by Crippen LogP contribution is 2.36. The van der Waals surface area contributed by atoms with Gasteiger partial charge < -0.3 is 55.5 Å². The first-order valence-corrected chi connectivity index (χ1v) is 23.9. The van der Waals surface area contributed by atoms with Gasteiger partial charge in [0.25, 0.3) is 0 Å². The number of ether oxygens (including phenoxy) is 4. The first-order valence-electron chi connectivity index (χ1n) is 22.1. The van der Waals surface area contributed by atoms with Crippen LogP contribution in [0, 0.1) is 11.8 Å². The van der Waals surface area contributed by atoms with E-state index >= 15 is 0 Å². The van der Waals surface area contributed by atoms with Crippen molar-refractivity contribution in [3.8, 4) is 23.0 Å². The number of piperidine rings is 2. The molecule has 8 heterocycles. The number of hydrogen-bond donors (Lipinski definition) is 5. The molecule has 2 saturated heterocycles. The Morgan fingerprint density at radius 3 is 1.61 bits per heavy atom. The minimum atomic E-state index is -0.780. The second kappa shape index (κ2) is 23.3. The quantitative estimate of drug-likeness (QED) is 0.0803. The van der Waals surface area contributed by atoms with Crippen molar-refractivity contribution >= 4 is 102 Å². The van der Waals surface area contributed by atoms with Crippen LogP contribution in [0.25, 0.3) is 20.7 Å². The minimum Gasteiger partial charge on any atom is -0.493 e. The van der Waals surface area contributed by atoms with Gasteiger partial charge in [0.05, 0.1) is 63.7 Å². The van der Waals surface area contributed by atoms with E-state index in [2.05, 4.69) is 55.8 Å². The lowest BCUT2D eigenvalue weighted by molar-refractivity contribution is -0.142. The molecule has 2 aromatic carbocycles. The normalized spacial score (nSPS) is 15.3. The lowest BCUT2D eigenvalue weighted by Crippen LogP contribution is -2.41. The number of benzene rings is 2. The second-order valence-corrected chi connectivity index (χ2v) is 17.4. The molecule has 2 aliphatic heterocycles. The molecule has 0 saturated carbocycles. The van der Waals surface area contributed by atoms with Gasteiger partial charge in [0.15, 0.2) is 50.1 Å². The van der Waals surface area contributed by atoms with E-state index in [-0.39, 0.29) is 11.8 Å². The molecule has 2 fully saturated rings. The van der Waals surface area contributed by atoms with Crippen LogP contribution in [0.5, 0.6) is 23.0 Å². The van der Waals surface area contributed by atoms with E-state index in [0.717, 1.165) is 53.4 Å². The average molecular weight is 1000 g/mol. The van der Waals surface area contributed by atoms with Crippen LogP contribution < -0.4 is 50.4 Å². The van der Waals surface area contributed by atoms with E-state index in [4.69, 9.17) is 34.6 Å². The van der Waals surface area contributed by atoms with Gasteiger partial charge in [-0.3, -0.25) is 19.6 Å². The summed E-state index contributed by atoms with van der Waals surface area (Å²) in [6, 6.07) is 11.0. The largest absolute Gasteiger partial charge is 0.493 e. The molecular formula is C46H50N16O7S2. The van der Waals surface area contributed by atoms with Crippen LogP contribution in [0.1, 0.15) is 25.7 Å². The number of carboxylic acid groups (broad SMARTS) is 1. The van der Waals surface area contributed by atoms with E-state index in [1.165, 1.54) is 35.1 Å². The molecule has 0 spiro atoms. The van der Waals surface area contributed by atoms with Gasteiger partial charge in [-0.1, -0.05) is 0 Å². The van der Waals surface area contributed by atoms with Crippen molar-refractivity contribution < 1.29 is 33.6 Å². The van der Waals surface area contributed by atoms with Crippen molar-refractivity contribution in [1.29, 1.82) is 0 Å².